The summed E-state index contributed by atoms with van der Waals surface area (Å²) >= 11 is 0. The van der Waals surface area contributed by atoms with Crippen LogP contribution in [0.25, 0.3) is 22.2 Å². The first-order chi connectivity index (χ1) is 17.1. The summed E-state index contributed by atoms with van der Waals surface area (Å²) in [5, 5.41) is 6.82. The molecule has 1 saturated carbocycles. The molecule has 0 aromatic carbocycles. The van der Waals surface area contributed by atoms with E-state index in [4.69, 9.17) is 4.74 Å². The second-order valence-corrected chi connectivity index (χ2v) is 9.04. The van der Waals surface area contributed by atoms with Crippen molar-refractivity contribution in [3.8, 4) is 17.0 Å². The Bertz CT molecular complexity index is 1430. The molecule has 1 amide bonds. The molecule has 0 aliphatic heterocycles. The van der Waals surface area contributed by atoms with E-state index in [1.165, 1.54) is 25.4 Å². The standard InChI is InChI=1S/C23H22F5N5O4/c1-11(23(26,27)28)33-21(36)19(37-10-22(3,24)25)7-17(31-33)16-9-32(13-4-14(35)5-13)18-8-29-20(6-15(16)18)30-12(2)34/h6-9,11,13H,4-5,10H2,1-3H3,(H,29,30,34)/t11-/m0/s1. The van der Waals surface area contributed by atoms with Crippen molar-refractivity contribution >= 4 is 28.4 Å². The van der Waals surface area contributed by atoms with Crippen molar-refractivity contribution in [3.63, 3.8) is 0 Å². The number of hydrogen-bond donors (Lipinski definition) is 1. The molecule has 1 aliphatic rings. The summed E-state index contributed by atoms with van der Waals surface area (Å²) in [5.41, 5.74) is -0.779. The zero-order chi connectivity index (χ0) is 27.3. The molecular formula is C23H22F5N5O4. The van der Waals surface area contributed by atoms with E-state index >= 15 is 0 Å². The van der Waals surface area contributed by atoms with E-state index in [-0.39, 0.29) is 46.4 Å². The number of anilines is 1. The highest BCUT2D eigenvalue weighted by Gasteiger charge is 2.40. The molecule has 0 radical (unpaired) electrons. The Morgan fingerprint density at radius 1 is 1.22 bits per heavy atom. The van der Waals surface area contributed by atoms with Crippen LogP contribution in [0.5, 0.6) is 5.75 Å². The largest absolute Gasteiger partial charge is 0.481 e. The number of amides is 1. The summed E-state index contributed by atoms with van der Waals surface area (Å²) in [6.45, 7) is 1.27. The molecule has 1 fully saturated rings. The van der Waals surface area contributed by atoms with Gasteiger partial charge in [0, 0.05) is 55.9 Å². The normalized spacial score (nSPS) is 15.5. The van der Waals surface area contributed by atoms with Gasteiger partial charge in [-0.2, -0.15) is 18.3 Å². The Hall–Kier alpha value is -3.84. The zero-order valence-electron chi connectivity index (χ0n) is 19.9. The first-order valence-electron chi connectivity index (χ1n) is 11.2. The summed E-state index contributed by atoms with van der Waals surface area (Å²) in [4.78, 5) is 40.0. The molecule has 1 N–H and O–H groups in total. The summed E-state index contributed by atoms with van der Waals surface area (Å²) < 4.78 is 74.3. The molecule has 0 spiro atoms. The average molecular weight is 527 g/mol. The van der Waals surface area contributed by atoms with E-state index in [1.807, 2.05) is 0 Å². The molecule has 3 aromatic rings. The Morgan fingerprint density at radius 2 is 1.89 bits per heavy atom. The quantitative estimate of drug-likeness (QED) is 0.460. The number of nitrogens with zero attached hydrogens (tertiary/aromatic N) is 4. The number of hydrogen-bond acceptors (Lipinski definition) is 6. The number of nitrogens with one attached hydrogen (secondary N) is 1. The molecule has 9 nitrogen and oxygen atoms in total. The number of rotatable bonds is 7. The number of ether oxygens (including phenoxy) is 1. The van der Waals surface area contributed by atoms with Gasteiger partial charge in [-0.3, -0.25) is 14.4 Å². The lowest BCUT2D eigenvalue weighted by atomic mass is 9.91. The van der Waals surface area contributed by atoms with Crippen LogP contribution in [0.3, 0.4) is 0 Å². The smallest absolute Gasteiger partial charge is 0.410 e. The number of Topliss-reactive ketones (excluding diaryl/α,β-unsaturated/α-hetero) is 1. The van der Waals surface area contributed by atoms with Gasteiger partial charge >= 0.3 is 11.7 Å². The van der Waals surface area contributed by atoms with Gasteiger partial charge in [0.2, 0.25) is 5.91 Å². The van der Waals surface area contributed by atoms with Crippen molar-refractivity contribution in [3.05, 3.63) is 34.9 Å². The van der Waals surface area contributed by atoms with Crippen molar-refractivity contribution < 1.29 is 36.3 Å². The highest BCUT2D eigenvalue weighted by molar-refractivity contribution is 5.99. The minimum absolute atomic E-state index is 0.0260. The molecule has 37 heavy (non-hydrogen) atoms. The third-order valence-electron chi connectivity index (χ3n) is 5.84. The van der Waals surface area contributed by atoms with Gasteiger partial charge in [0.05, 0.1) is 17.4 Å². The molecular weight excluding hydrogens is 505 g/mol. The van der Waals surface area contributed by atoms with Gasteiger partial charge in [-0.15, -0.1) is 0 Å². The first-order valence-corrected chi connectivity index (χ1v) is 11.2. The fraction of sp³-hybridized carbons (Fsp3) is 0.435. The number of carbonyl (C=O) groups excluding carboxylic acids is 2. The van der Waals surface area contributed by atoms with Gasteiger partial charge in [-0.1, -0.05) is 0 Å². The van der Waals surface area contributed by atoms with Crippen LogP contribution >= 0.6 is 0 Å². The van der Waals surface area contributed by atoms with E-state index in [0.29, 0.717) is 24.8 Å². The molecule has 1 aliphatic carbocycles. The fourth-order valence-electron chi connectivity index (χ4n) is 3.90. The van der Waals surface area contributed by atoms with Crippen LogP contribution in [-0.2, 0) is 9.59 Å². The summed E-state index contributed by atoms with van der Waals surface area (Å²) in [7, 11) is 0. The number of carbonyl (C=O) groups is 2. The fourth-order valence-corrected chi connectivity index (χ4v) is 3.90. The van der Waals surface area contributed by atoms with Gasteiger partial charge in [0.25, 0.3) is 5.92 Å². The lowest BCUT2D eigenvalue weighted by Gasteiger charge is -2.26. The van der Waals surface area contributed by atoms with E-state index < -0.39 is 42.0 Å². The van der Waals surface area contributed by atoms with Crippen LogP contribution in [0, 0.1) is 0 Å². The van der Waals surface area contributed by atoms with Crippen molar-refractivity contribution in [1.82, 2.24) is 19.3 Å². The molecule has 0 saturated heterocycles. The Morgan fingerprint density at radius 3 is 2.46 bits per heavy atom. The molecule has 0 bridgehead atoms. The second kappa shape index (κ2) is 9.23. The maximum Gasteiger partial charge on any atom is 0.410 e. The van der Waals surface area contributed by atoms with E-state index in [0.717, 1.165) is 6.07 Å². The Balaban J connectivity index is 1.94. The maximum atomic E-state index is 13.5. The number of ketones is 1. The van der Waals surface area contributed by atoms with Gasteiger partial charge in [0.1, 0.15) is 17.6 Å². The minimum atomic E-state index is -4.87. The minimum Gasteiger partial charge on any atom is -0.481 e. The number of halogens is 5. The Kier molecular flexibility index (Phi) is 6.54. The monoisotopic (exact) mass is 527 g/mol. The van der Waals surface area contributed by atoms with E-state index in [9.17, 15) is 36.3 Å². The van der Waals surface area contributed by atoms with Crippen LogP contribution in [0.1, 0.15) is 45.7 Å². The van der Waals surface area contributed by atoms with Crippen molar-refractivity contribution in [2.45, 2.75) is 57.8 Å². The summed E-state index contributed by atoms with van der Waals surface area (Å²) in [6.07, 6.45) is -1.45. The maximum absolute atomic E-state index is 13.5. The molecule has 3 aromatic heterocycles. The zero-order valence-corrected chi connectivity index (χ0v) is 19.9. The molecule has 4 rings (SSSR count). The van der Waals surface area contributed by atoms with Gasteiger partial charge in [0.15, 0.2) is 12.4 Å². The predicted octanol–water partition coefficient (Wildman–Crippen LogP) is 4.28. The van der Waals surface area contributed by atoms with Crippen LogP contribution in [0.2, 0.25) is 0 Å². The number of pyridine rings is 1. The SMILES string of the molecule is CC(=O)Nc1cc2c(-c3cc(OCC(C)(F)F)c(=O)n([C@@H](C)C(F)(F)F)n3)cn(C3CC(=O)C3)c2cn1. The predicted molar refractivity (Wildman–Crippen MR) is 122 cm³/mol. The van der Waals surface area contributed by atoms with Crippen molar-refractivity contribution in [2.24, 2.45) is 0 Å². The average Bonchev–Trinajstić information content (AvgIpc) is 3.12. The summed E-state index contributed by atoms with van der Waals surface area (Å²) in [5.74, 6) is -4.35. The third-order valence-corrected chi connectivity index (χ3v) is 5.84. The van der Waals surface area contributed by atoms with Crippen LogP contribution < -0.4 is 15.6 Å². The molecule has 14 heteroatoms. The molecule has 3 heterocycles. The number of fused-ring (bicyclic) bond motifs is 1. The van der Waals surface area contributed by atoms with Crippen LogP contribution in [0.4, 0.5) is 27.8 Å². The van der Waals surface area contributed by atoms with Gasteiger partial charge in [-0.05, 0) is 13.0 Å². The van der Waals surface area contributed by atoms with Gasteiger partial charge < -0.3 is 14.6 Å². The molecule has 198 valence electrons. The number of aromatic nitrogens is 4. The van der Waals surface area contributed by atoms with Crippen molar-refractivity contribution in [2.75, 3.05) is 11.9 Å². The third kappa shape index (κ3) is 5.47. The van der Waals surface area contributed by atoms with Gasteiger partial charge in [-0.25, -0.2) is 18.4 Å². The van der Waals surface area contributed by atoms with Crippen LogP contribution in [-0.4, -0.2) is 49.7 Å². The highest BCUT2D eigenvalue weighted by Crippen LogP contribution is 2.38. The van der Waals surface area contributed by atoms with Crippen molar-refractivity contribution in [1.29, 1.82) is 0 Å². The highest BCUT2D eigenvalue weighted by atomic mass is 19.4. The topological polar surface area (TPSA) is 108 Å². The molecule has 0 unspecified atom stereocenters. The lowest BCUT2D eigenvalue weighted by Crippen LogP contribution is -2.35. The lowest BCUT2D eigenvalue weighted by molar-refractivity contribution is -0.166. The van der Waals surface area contributed by atoms with E-state index in [1.54, 1.807) is 4.57 Å². The Labute approximate surface area is 206 Å². The number of alkyl halides is 5. The second-order valence-electron chi connectivity index (χ2n) is 9.04. The summed E-state index contributed by atoms with van der Waals surface area (Å²) in [6, 6.07) is -0.170. The molecule has 1 atom stereocenters. The first kappa shape index (κ1) is 26.2. The van der Waals surface area contributed by atoms with Crippen LogP contribution in [0.15, 0.2) is 29.3 Å². The van der Waals surface area contributed by atoms with E-state index in [2.05, 4.69) is 15.4 Å².